The highest BCUT2D eigenvalue weighted by atomic mass is 32.1. The van der Waals surface area contributed by atoms with Gasteiger partial charge >= 0.3 is 5.69 Å². The second kappa shape index (κ2) is 8.30. The third-order valence-electron chi connectivity index (χ3n) is 5.03. The quantitative estimate of drug-likeness (QED) is 0.592. The van der Waals surface area contributed by atoms with E-state index in [1.807, 2.05) is 43.0 Å². The van der Waals surface area contributed by atoms with Gasteiger partial charge in [0, 0.05) is 13.6 Å². The first-order valence-electron chi connectivity index (χ1n) is 9.44. The molecule has 0 saturated carbocycles. The molecule has 0 aliphatic carbocycles. The van der Waals surface area contributed by atoms with Crippen molar-refractivity contribution in [3.05, 3.63) is 55.7 Å². The van der Waals surface area contributed by atoms with E-state index in [1.54, 1.807) is 18.4 Å². The molecule has 0 fully saturated rings. The van der Waals surface area contributed by atoms with E-state index in [0.29, 0.717) is 13.0 Å². The Balaban J connectivity index is 1.89. The van der Waals surface area contributed by atoms with Crippen LogP contribution in [0, 0.1) is 0 Å². The van der Waals surface area contributed by atoms with Crippen molar-refractivity contribution < 1.29 is 4.79 Å². The highest BCUT2D eigenvalue weighted by Gasteiger charge is 2.25. The Hall–Kier alpha value is -2.78. The van der Waals surface area contributed by atoms with E-state index < -0.39 is 17.0 Å². The van der Waals surface area contributed by atoms with E-state index in [-0.39, 0.29) is 24.0 Å². The van der Waals surface area contributed by atoms with Crippen LogP contribution in [0.3, 0.4) is 0 Å². The maximum Gasteiger partial charge on any atom is 0.332 e. The molecule has 0 aliphatic heterocycles. The van der Waals surface area contributed by atoms with Crippen LogP contribution in [0.2, 0.25) is 0 Å². The van der Waals surface area contributed by atoms with Crippen LogP contribution in [0.1, 0.15) is 41.7 Å². The molecule has 1 atom stereocenters. The van der Waals surface area contributed by atoms with Gasteiger partial charge in [-0.05, 0) is 32.5 Å². The van der Waals surface area contributed by atoms with Gasteiger partial charge in [0.1, 0.15) is 16.4 Å². The average molecular weight is 416 g/mol. The molecular formula is C20H25N5O3S. The Bertz CT molecular complexity index is 1140. The zero-order valence-electron chi connectivity index (χ0n) is 17.0. The largest absolute Gasteiger partial charge is 0.384 e. The minimum Gasteiger partial charge on any atom is -0.384 e. The van der Waals surface area contributed by atoms with Crippen LogP contribution >= 0.6 is 11.3 Å². The van der Waals surface area contributed by atoms with E-state index in [0.717, 1.165) is 19.8 Å². The zero-order valence-corrected chi connectivity index (χ0v) is 17.8. The number of fused-ring (bicyclic) bond motifs is 1. The Morgan fingerprint density at radius 3 is 2.66 bits per heavy atom. The molecule has 0 radical (unpaired) electrons. The summed E-state index contributed by atoms with van der Waals surface area (Å²) >= 11 is 1.58. The number of benzene rings is 1. The summed E-state index contributed by atoms with van der Waals surface area (Å²) in [6, 6.07) is 7.74. The number of hydrogen-bond acceptors (Lipinski definition) is 7. The molecule has 0 spiro atoms. The lowest BCUT2D eigenvalue weighted by Crippen LogP contribution is -2.44. The van der Waals surface area contributed by atoms with Gasteiger partial charge in [-0.3, -0.25) is 23.6 Å². The van der Waals surface area contributed by atoms with Gasteiger partial charge < -0.3 is 5.73 Å². The molecule has 8 nitrogen and oxygen atoms in total. The van der Waals surface area contributed by atoms with Gasteiger partial charge in [0.2, 0.25) is 0 Å². The van der Waals surface area contributed by atoms with Crippen molar-refractivity contribution in [2.75, 3.05) is 19.3 Å². The van der Waals surface area contributed by atoms with Crippen molar-refractivity contribution in [2.24, 2.45) is 7.05 Å². The van der Waals surface area contributed by atoms with Crippen molar-refractivity contribution in [1.29, 1.82) is 0 Å². The van der Waals surface area contributed by atoms with E-state index >= 15 is 0 Å². The first-order chi connectivity index (χ1) is 13.8. The van der Waals surface area contributed by atoms with Gasteiger partial charge in [-0.1, -0.05) is 19.1 Å². The van der Waals surface area contributed by atoms with Crippen molar-refractivity contribution in [2.45, 2.75) is 32.9 Å². The Morgan fingerprint density at radius 2 is 2.00 bits per heavy atom. The van der Waals surface area contributed by atoms with Crippen molar-refractivity contribution in [1.82, 2.24) is 19.0 Å². The molecule has 0 saturated heterocycles. The average Bonchev–Trinajstić information content (AvgIpc) is 3.13. The first kappa shape index (κ1) is 20.9. The highest BCUT2D eigenvalue weighted by molar-refractivity contribution is 7.18. The number of nitrogens with two attached hydrogens (primary N) is 1. The van der Waals surface area contributed by atoms with Crippen LogP contribution in [0.5, 0.6) is 0 Å². The third kappa shape index (κ3) is 3.88. The highest BCUT2D eigenvalue weighted by Crippen LogP contribution is 2.28. The molecule has 29 heavy (non-hydrogen) atoms. The van der Waals surface area contributed by atoms with Gasteiger partial charge in [0.05, 0.1) is 22.8 Å². The summed E-state index contributed by atoms with van der Waals surface area (Å²) in [5.74, 6) is -0.477. The summed E-state index contributed by atoms with van der Waals surface area (Å²) in [5.41, 5.74) is 5.67. The first-order valence-corrected chi connectivity index (χ1v) is 10.3. The number of rotatable bonds is 7. The number of para-hydroxylation sites is 1. The second-order valence-electron chi connectivity index (χ2n) is 7.09. The fourth-order valence-electron chi connectivity index (χ4n) is 3.18. The van der Waals surface area contributed by atoms with Gasteiger partial charge in [-0.15, -0.1) is 11.3 Å². The molecular weight excluding hydrogens is 390 g/mol. The van der Waals surface area contributed by atoms with Gasteiger partial charge in [-0.2, -0.15) is 0 Å². The number of ketones is 1. The maximum absolute atomic E-state index is 13.0. The summed E-state index contributed by atoms with van der Waals surface area (Å²) in [7, 11) is 3.16. The number of carbonyl (C=O) groups is 1. The number of thiazole rings is 1. The summed E-state index contributed by atoms with van der Waals surface area (Å²) in [6.07, 6.45) is 0.657. The minimum absolute atomic E-state index is 0.0130. The molecule has 1 aromatic carbocycles. The van der Waals surface area contributed by atoms with E-state index in [4.69, 9.17) is 5.73 Å². The fraction of sp³-hybridized carbons (Fsp3) is 0.400. The molecule has 154 valence electrons. The summed E-state index contributed by atoms with van der Waals surface area (Å²) < 4.78 is 3.31. The summed E-state index contributed by atoms with van der Waals surface area (Å²) in [5, 5.41) is 0.887. The lowest BCUT2D eigenvalue weighted by molar-refractivity contribution is 0.0922. The standard InChI is InChI=1S/C20H25N5O3S/c1-5-10-25-17(21)16(19(27)24(4)20(25)28)14(26)11-23(3)12(2)18-22-13-8-6-7-9-15(13)29-18/h6-9,12H,5,10-11,21H2,1-4H3. The molecule has 3 aromatic rings. The molecule has 0 amide bonds. The number of nitrogen functional groups attached to an aromatic ring is 1. The molecule has 0 bridgehead atoms. The third-order valence-corrected chi connectivity index (χ3v) is 6.24. The van der Waals surface area contributed by atoms with Crippen LogP contribution in [0.25, 0.3) is 10.2 Å². The van der Waals surface area contributed by atoms with Crippen molar-refractivity contribution in [3.63, 3.8) is 0 Å². The fourth-order valence-corrected chi connectivity index (χ4v) is 4.27. The Labute approximate surface area is 172 Å². The van der Waals surface area contributed by atoms with Crippen LogP contribution in [-0.4, -0.2) is 38.4 Å². The number of nitrogens with zero attached hydrogens (tertiary/aromatic N) is 4. The lowest BCUT2D eigenvalue weighted by Gasteiger charge is -2.22. The smallest absolute Gasteiger partial charge is 0.332 e. The van der Waals surface area contributed by atoms with Crippen LogP contribution in [0.4, 0.5) is 5.82 Å². The van der Waals surface area contributed by atoms with Crippen molar-refractivity contribution >= 4 is 33.2 Å². The number of carbonyl (C=O) groups excluding carboxylic acids is 1. The van der Waals surface area contributed by atoms with Gasteiger partial charge in [0.15, 0.2) is 5.78 Å². The SMILES string of the molecule is CCCn1c(N)c(C(=O)CN(C)C(C)c2nc3ccccc3s2)c(=O)n(C)c1=O. The molecule has 2 aromatic heterocycles. The van der Waals surface area contributed by atoms with E-state index in [2.05, 4.69) is 4.98 Å². The molecule has 3 rings (SSSR count). The van der Waals surface area contributed by atoms with Crippen LogP contribution < -0.4 is 17.0 Å². The van der Waals surface area contributed by atoms with Crippen LogP contribution in [0.15, 0.2) is 33.9 Å². The van der Waals surface area contributed by atoms with Gasteiger partial charge in [-0.25, -0.2) is 9.78 Å². The number of aromatic nitrogens is 3. The molecule has 2 heterocycles. The number of Topliss-reactive ketones (excluding diaryl/α,β-unsaturated/α-hetero) is 1. The van der Waals surface area contributed by atoms with Crippen molar-refractivity contribution in [3.8, 4) is 0 Å². The molecule has 1 unspecified atom stereocenters. The molecule has 9 heteroatoms. The van der Waals surface area contributed by atoms with Gasteiger partial charge in [0.25, 0.3) is 5.56 Å². The molecule has 0 aliphatic rings. The summed E-state index contributed by atoms with van der Waals surface area (Å²) in [4.78, 5) is 44.3. The van der Waals surface area contributed by atoms with E-state index in [9.17, 15) is 14.4 Å². The predicted octanol–water partition coefficient (Wildman–Crippen LogP) is 2.02. The predicted molar refractivity (Wildman–Crippen MR) is 116 cm³/mol. The topological polar surface area (TPSA) is 103 Å². The maximum atomic E-state index is 13.0. The second-order valence-corrected chi connectivity index (χ2v) is 8.15. The van der Waals surface area contributed by atoms with Crippen LogP contribution in [-0.2, 0) is 13.6 Å². The lowest BCUT2D eigenvalue weighted by atomic mass is 10.1. The number of hydrogen-bond donors (Lipinski definition) is 1. The number of likely N-dealkylation sites (N-methyl/N-ethyl adjacent to an activating group) is 1. The minimum atomic E-state index is -0.661. The Morgan fingerprint density at radius 1 is 1.31 bits per heavy atom. The normalized spacial score (nSPS) is 12.6. The Kier molecular flexibility index (Phi) is 5.99. The monoisotopic (exact) mass is 415 g/mol. The molecule has 2 N–H and O–H groups in total. The van der Waals surface area contributed by atoms with E-state index in [1.165, 1.54) is 11.6 Å². The number of anilines is 1. The summed E-state index contributed by atoms with van der Waals surface area (Å²) in [6.45, 7) is 4.19. The zero-order chi connectivity index (χ0) is 21.3.